The molecule has 0 aliphatic carbocycles. The molecule has 1 aliphatic heterocycles. The largest absolute Gasteiger partial charge is 0.316 e. The molecule has 1 heterocycles. The Morgan fingerprint density at radius 1 is 1.24 bits per heavy atom. The third kappa shape index (κ3) is 3.34. The molecule has 1 nitrogen and oxygen atoms in total. The minimum Gasteiger partial charge on any atom is -0.316 e. The molecule has 1 aromatic carbocycles. The van der Waals surface area contributed by atoms with Crippen LogP contribution in [-0.4, -0.2) is 19.8 Å². The second-order valence-electron chi connectivity index (χ2n) is 4.62. The van der Waals surface area contributed by atoms with Crippen LogP contribution in [0.1, 0.15) is 12.0 Å². The number of halogens is 3. The molecule has 1 aromatic rings. The fourth-order valence-corrected chi connectivity index (χ4v) is 2.72. The fraction of sp³-hybridized carbons (Fsp3) is 0.538. The second-order valence-corrected chi connectivity index (χ2v) is 5.43. The average Bonchev–Trinajstić information content (AvgIpc) is 2.34. The summed E-state index contributed by atoms with van der Waals surface area (Å²) in [5, 5.41) is 4.39. The van der Waals surface area contributed by atoms with Crippen molar-refractivity contribution in [3.05, 3.63) is 33.8 Å². The highest BCUT2D eigenvalue weighted by atomic mass is 35.5. The Hall–Kier alpha value is -0.310. The monoisotopic (exact) mass is 275 g/mol. The molecule has 17 heavy (non-hydrogen) atoms. The van der Waals surface area contributed by atoms with E-state index in [0.717, 1.165) is 31.5 Å². The summed E-state index contributed by atoms with van der Waals surface area (Å²) in [4.78, 5) is 0. The minimum absolute atomic E-state index is 0.123. The summed E-state index contributed by atoms with van der Waals surface area (Å²) in [5.74, 6) is 0.525. The van der Waals surface area contributed by atoms with Crippen molar-refractivity contribution in [2.75, 3.05) is 19.8 Å². The lowest BCUT2D eigenvalue weighted by molar-refractivity contribution is 0.206. The average molecular weight is 276 g/mol. The predicted molar refractivity (Wildman–Crippen MR) is 70.6 cm³/mol. The van der Waals surface area contributed by atoms with Gasteiger partial charge in [0.2, 0.25) is 0 Å². The highest BCUT2D eigenvalue weighted by Crippen LogP contribution is 2.28. The van der Waals surface area contributed by atoms with Crippen LogP contribution >= 0.6 is 23.2 Å². The summed E-state index contributed by atoms with van der Waals surface area (Å²) < 4.78 is 12.9. The van der Waals surface area contributed by atoms with Crippen molar-refractivity contribution in [3.63, 3.8) is 0 Å². The van der Waals surface area contributed by atoms with Gasteiger partial charge in [0.25, 0.3) is 0 Å². The van der Waals surface area contributed by atoms with E-state index in [1.807, 2.05) is 18.2 Å². The molecule has 0 saturated carbocycles. The maximum Gasteiger partial charge on any atom is 0.0937 e. The lowest BCUT2D eigenvalue weighted by Crippen LogP contribution is -2.38. The zero-order valence-electron chi connectivity index (χ0n) is 9.56. The number of benzene rings is 1. The summed E-state index contributed by atoms with van der Waals surface area (Å²) in [6, 6.07) is 5.68. The van der Waals surface area contributed by atoms with Gasteiger partial charge >= 0.3 is 0 Å². The molecule has 2 atom stereocenters. The Bertz CT molecular complexity index is 384. The van der Waals surface area contributed by atoms with Crippen molar-refractivity contribution >= 4 is 23.2 Å². The zero-order chi connectivity index (χ0) is 12.3. The predicted octanol–water partition coefficient (Wildman–Crippen LogP) is 3.73. The fourth-order valence-electron chi connectivity index (χ4n) is 2.40. The standard InChI is InChI=1S/C13H16Cl2FN/c14-12-2-1-9(6-13(12)15)5-10-3-4-17-8-11(10)7-16/h1-2,6,10-11,17H,3-5,7-8H2/t10-,11-/m1/s1. The maximum absolute atomic E-state index is 12.9. The summed E-state index contributed by atoms with van der Waals surface area (Å²) in [5.41, 5.74) is 1.14. The lowest BCUT2D eigenvalue weighted by Gasteiger charge is -2.30. The quantitative estimate of drug-likeness (QED) is 0.887. The van der Waals surface area contributed by atoms with E-state index in [1.165, 1.54) is 0 Å². The number of piperidine rings is 1. The molecule has 0 radical (unpaired) electrons. The van der Waals surface area contributed by atoms with E-state index in [4.69, 9.17) is 23.2 Å². The highest BCUT2D eigenvalue weighted by molar-refractivity contribution is 6.42. The SMILES string of the molecule is FC[C@@H]1CNCC[C@@H]1Cc1ccc(Cl)c(Cl)c1. The van der Waals surface area contributed by atoms with Gasteiger partial charge in [-0.25, -0.2) is 0 Å². The zero-order valence-corrected chi connectivity index (χ0v) is 11.1. The molecule has 0 aromatic heterocycles. The maximum atomic E-state index is 12.9. The van der Waals surface area contributed by atoms with Gasteiger partial charge < -0.3 is 5.32 Å². The van der Waals surface area contributed by atoms with Crippen LogP contribution in [0.15, 0.2) is 18.2 Å². The van der Waals surface area contributed by atoms with Gasteiger partial charge in [-0.3, -0.25) is 4.39 Å². The number of rotatable bonds is 3. The van der Waals surface area contributed by atoms with Crippen LogP contribution in [0.2, 0.25) is 10.0 Å². The Morgan fingerprint density at radius 2 is 2.06 bits per heavy atom. The number of hydrogen-bond donors (Lipinski definition) is 1. The van der Waals surface area contributed by atoms with Gasteiger partial charge in [-0.1, -0.05) is 29.3 Å². The highest BCUT2D eigenvalue weighted by Gasteiger charge is 2.25. The van der Waals surface area contributed by atoms with Gasteiger partial charge in [0.15, 0.2) is 0 Å². The van der Waals surface area contributed by atoms with Gasteiger partial charge in [-0.15, -0.1) is 0 Å². The second kappa shape index (κ2) is 6.03. The van der Waals surface area contributed by atoms with E-state index >= 15 is 0 Å². The first-order chi connectivity index (χ1) is 8.20. The third-order valence-electron chi connectivity index (χ3n) is 3.45. The van der Waals surface area contributed by atoms with E-state index in [-0.39, 0.29) is 12.6 Å². The van der Waals surface area contributed by atoms with Gasteiger partial charge in [0, 0.05) is 12.5 Å². The Kier molecular flexibility index (Phi) is 4.66. The van der Waals surface area contributed by atoms with E-state index in [9.17, 15) is 4.39 Å². The van der Waals surface area contributed by atoms with E-state index < -0.39 is 0 Å². The topological polar surface area (TPSA) is 12.0 Å². The number of hydrogen-bond acceptors (Lipinski definition) is 1. The molecule has 0 spiro atoms. The van der Waals surface area contributed by atoms with E-state index in [0.29, 0.717) is 16.0 Å². The van der Waals surface area contributed by atoms with Gasteiger partial charge in [-0.2, -0.15) is 0 Å². The smallest absolute Gasteiger partial charge is 0.0937 e. The molecule has 94 valence electrons. The summed E-state index contributed by atoms with van der Waals surface area (Å²) >= 11 is 11.9. The number of nitrogens with one attached hydrogen (secondary N) is 1. The molecular weight excluding hydrogens is 260 g/mol. The van der Waals surface area contributed by atoms with E-state index in [2.05, 4.69) is 5.32 Å². The van der Waals surface area contributed by atoms with Crippen molar-refractivity contribution in [1.29, 1.82) is 0 Å². The molecule has 0 bridgehead atoms. The van der Waals surface area contributed by atoms with Crippen molar-refractivity contribution < 1.29 is 4.39 Å². The molecule has 1 N–H and O–H groups in total. The first-order valence-corrected chi connectivity index (χ1v) is 6.67. The Balaban J connectivity index is 2.05. The summed E-state index contributed by atoms with van der Waals surface area (Å²) in [7, 11) is 0. The summed E-state index contributed by atoms with van der Waals surface area (Å²) in [6.45, 7) is 1.50. The molecule has 0 amide bonds. The van der Waals surface area contributed by atoms with Crippen molar-refractivity contribution in [2.24, 2.45) is 11.8 Å². The van der Waals surface area contributed by atoms with E-state index in [1.54, 1.807) is 0 Å². The van der Waals surface area contributed by atoms with Gasteiger partial charge in [-0.05, 0) is 43.0 Å². The molecule has 0 unspecified atom stereocenters. The minimum atomic E-state index is -0.251. The van der Waals surface area contributed by atoms with Crippen LogP contribution < -0.4 is 5.32 Å². The Morgan fingerprint density at radius 3 is 2.76 bits per heavy atom. The number of alkyl halides is 1. The molecule has 4 heteroatoms. The van der Waals surface area contributed by atoms with Gasteiger partial charge in [0.1, 0.15) is 0 Å². The molecule has 2 rings (SSSR count). The van der Waals surface area contributed by atoms with Crippen LogP contribution in [0.3, 0.4) is 0 Å². The van der Waals surface area contributed by atoms with Gasteiger partial charge in [0.05, 0.1) is 16.7 Å². The van der Waals surface area contributed by atoms with Crippen LogP contribution in [0.5, 0.6) is 0 Å². The van der Waals surface area contributed by atoms with Crippen LogP contribution in [0.4, 0.5) is 4.39 Å². The molecule has 1 aliphatic rings. The Labute approximate surface area is 111 Å². The first-order valence-electron chi connectivity index (χ1n) is 5.91. The van der Waals surface area contributed by atoms with Crippen molar-refractivity contribution in [2.45, 2.75) is 12.8 Å². The van der Waals surface area contributed by atoms with Crippen LogP contribution in [-0.2, 0) is 6.42 Å². The normalized spacial score (nSPS) is 24.9. The molecular formula is C13H16Cl2FN. The van der Waals surface area contributed by atoms with Crippen LogP contribution in [0.25, 0.3) is 0 Å². The van der Waals surface area contributed by atoms with Crippen molar-refractivity contribution in [3.8, 4) is 0 Å². The van der Waals surface area contributed by atoms with Crippen LogP contribution in [0, 0.1) is 11.8 Å². The van der Waals surface area contributed by atoms with Crippen molar-refractivity contribution in [1.82, 2.24) is 5.32 Å². The summed E-state index contributed by atoms with van der Waals surface area (Å²) in [6.07, 6.45) is 1.90. The molecule has 1 saturated heterocycles. The lowest BCUT2D eigenvalue weighted by atomic mass is 9.83. The first kappa shape index (κ1) is 13.1. The third-order valence-corrected chi connectivity index (χ3v) is 4.18. The molecule has 1 fully saturated rings.